The van der Waals surface area contributed by atoms with Gasteiger partial charge in [0.2, 0.25) is 0 Å². The van der Waals surface area contributed by atoms with Gasteiger partial charge in [-0.3, -0.25) is 4.79 Å². The van der Waals surface area contributed by atoms with Crippen molar-refractivity contribution in [2.24, 2.45) is 5.84 Å². The Morgan fingerprint density at radius 3 is 2.63 bits per heavy atom. The topological polar surface area (TPSA) is 89.3 Å². The Kier molecular flexibility index (Phi) is 5.72. The summed E-state index contributed by atoms with van der Waals surface area (Å²) in [7, 11) is 1.61. The number of rotatable bonds is 6. The lowest BCUT2D eigenvalue weighted by molar-refractivity contribution is 0.0870. The number of nitrogens with one attached hydrogen (secondary N) is 2. The molecule has 4 N–H and O–H groups in total. The van der Waals surface area contributed by atoms with E-state index in [9.17, 15) is 4.79 Å². The van der Waals surface area contributed by atoms with Crippen LogP contribution in [-0.2, 0) is 4.74 Å². The van der Waals surface area contributed by atoms with Gasteiger partial charge in [0.15, 0.2) is 0 Å². The predicted molar refractivity (Wildman–Crippen MR) is 74.9 cm³/mol. The van der Waals surface area contributed by atoms with Crippen molar-refractivity contribution in [1.29, 1.82) is 0 Å². The number of aromatic nitrogens is 1. The summed E-state index contributed by atoms with van der Waals surface area (Å²) in [4.78, 5) is 16.3. The highest BCUT2D eigenvalue weighted by Crippen LogP contribution is 2.17. The van der Waals surface area contributed by atoms with E-state index in [0.29, 0.717) is 17.9 Å². The lowest BCUT2D eigenvalue weighted by atomic mass is 10.1. The van der Waals surface area contributed by atoms with Crippen molar-refractivity contribution < 1.29 is 9.53 Å². The molecule has 1 aromatic rings. The van der Waals surface area contributed by atoms with Crippen LogP contribution in [0.1, 0.15) is 42.7 Å². The summed E-state index contributed by atoms with van der Waals surface area (Å²) in [6.07, 6.45) is -0.0255. The third-order valence-corrected chi connectivity index (χ3v) is 2.80. The fourth-order valence-corrected chi connectivity index (χ4v) is 1.47. The third kappa shape index (κ3) is 4.50. The first kappa shape index (κ1) is 15.4. The number of nitrogens with two attached hydrogens (primary N) is 1. The zero-order valence-electron chi connectivity index (χ0n) is 11.9. The Morgan fingerprint density at radius 2 is 2.11 bits per heavy atom. The summed E-state index contributed by atoms with van der Waals surface area (Å²) >= 11 is 0. The highest BCUT2D eigenvalue weighted by atomic mass is 16.5. The molecule has 1 heterocycles. The second kappa shape index (κ2) is 7.06. The molecule has 106 valence electrons. The van der Waals surface area contributed by atoms with Gasteiger partial charge in [0, 0.05) is 24.9 Å². The Labute approximate surface area is 113 Å². The van der Waals surface area contributed by atoms with E-state index in [0.717, 1.165) is 5.69 Å². The van der Waals surface area contributed by atoms with Gasteiger partial charge in [0.05, 0.1) is 6.10 Å². The summed E-state index contributed by atoms with van der Waals surface area (Å²) in [5, 5.41) is 2.81. The average Bonchev–Trinajstić information content (AvgIpc) is 2.43. The van der Waals surface area contributed by atoms with Crippen molar-refractivity contribution in [3.8, 4) is 0 Å². The number of pyridine rings is 1. The Bertz CT molecular complexity index is 435. The molecule has 0 saturated carbocycles. The van der Waals surface area contributed by atoms with Gasteiger partial charge in [0.1, 0.15) is 5.82 Å². The number of nitrogen functional groups attached to an aromatic ring is 1. The molecule has 0 fully saturated rings. The van der Waals surface area contributed by atoms with E-state index in [-0.39, 0.29) is 17.9 Å². The molecule has 0 aliphatic rings. The maximum absolute atomic E-state index is 12.0. The molecule has 0 aliphatic carbocycles. The standard InChI is InChI=1S/C13H22N4O2/c1-8(2)11-5-10(6-12(16-11)17-14)13(18)15-7-9(3)19-4/h5-6,8-9H,7,14H2,1-4H3,(H,15,18)(H,16,17). The van der Waals surface area contributed by atoms with E-state index < -0.39 is 0 Å². The van der Waals surface area contributed by atoms with E-state index in [1.807, 2.05) is 20.8 Å². The molecular formula is C13H22N4O2. The Hall–Kier alpha value is -1.66. The minimum absolute atomic E-state index is 0.0255. The predicted octanol–water partition coefficient (Wildman–Crippen LogP) is 1.26. The number of hydrazine groups is 1. The zero-order chi connectivity index (χ0) is 14.4. The number of methoxy groups -OCH3 is 1. The van der Waals surface area contributed by atoms with Gasteiger partial charge in [-0.15, -0.1) is 0 Å². The number of carbonyl (C=O) groups excluding carboxylic acids is 1. The van der Waals surface area contributed by atoms with Crippen LogP contribution in [-0.4, -0.2) is 30.6 Å². The normalized spacial score (nSPS) is 12.3. The largest absolute Gasteiger partial charge is 0.380 e. The first-order valence-electron chi connectivity index (χ1n) is 6.27. The lowest BCUT2D eigenvalue weighted by Crippen LogP contribution is -2.31. The van der Waals surface area contributed by atoms with Gasteiger partial charge < -0.3 is 15.5 Å². The van der Waals surface area contributed by atoms with Gasteiger partial charge in [0.25, 0.3) is 5.91 Å². The van der Waals surface area contributed by atoms with Crippen LogP contribution < -0.4 is 16.6 Å². The molecule has 1 unspecified atom stereocenters. The maximum atomic E-state index is 12.0. The van der Waals surface area contributed by atoms with E-state index in [2.05, 4.69) is 15.7 Å². The third-order valence-electron chi connectivity index (χ3n) is 2.80. The lowest BCUT2D eigenvalue weighted by Gasteiger charge is -2.13. The van der Waals surface area contributed by atoms with Crippen molar-refractivity contribution in [3.05, 3.63) is 23.4 Å². The average molecular weight is 266 g/mol. The first-order valence-corrected chi connectivity index (χ1v) is 6.27. The molecule has 0 bridgehead atoms. The summed E-state index contributed by atoms with van der Waals surface area (Å²) < 4.78 is 5.08. The Balaban J connectivity index is 2.86. The molecule has 1 aromatic heterocycles. The minimum atomic E-state index is -0.162. The van der Waals surface area contributed by atoms with Crippen molar-refractivity contribution in [2.45, 2.75) is 32.8 Å². The van der Waals surface area contributed by atoms with Crippen LogP contribution in [0.4, 0.5) is 5.82 Å². The number of carbonyl (C=O) groups is 1. The zero-order valence-corrected chi connectivity index (χ0v) is 11.9. The number of hydrogen-bond acceptors (Lipinski definition) is 5. The first-order chi connectivity index (χ1) is 8.97. The minimum Gasteiger partial charge on any atom is -0.380 e. The molecule has 0 aromatic carbocycles. The van der Waals surface area contributed by atoms with Gasteiger partial charge in [-0.25, -0.2) is 10.8 Å². The van der Waals surface area contributed by atoms with Crippen molar-refractivity contribution in [1.82, 2.24) is 10.3 Å². The van der Waals surface area contributed by atoms with Crippen LogP contribution in [0.15, 0.2) is 12.1 Å². The smallest absolute Gasteiger partial charge is 0.251 e. The van der Waals surface area contributed by atoms with E-state index in [1.165, 1.54) is 0 Å². The summed E-state index contributed by atoms with van der Waals surface area (Å²) in [6, 6.07) is 3.40. The molecule has 0 aliphatic heterocycles. The second-order valence-electron chi connectivity index (χ2n) is 4.72. The molecule has 1 amide bonds. The van der Waals surface area contributed by atoms with Crippen LogP contribution in [0.5, 0.6) is 0 Å². The van der Waals surface area contributed by atoms with E-state index in [1.54, 1.807) is 19.2 Å². The summed E-state index contributed by atoms with van der Waals surface area (Å²) in [5.41, 5.74) is 3.83. The fourth-order valence-electron chi connectivity index (χ4n) is 1.47. The summed E-state index contributed by atoms with van der Waals surface area (Å²) in [5.74, 6) is 5.91. The number of nitrogens with zero attached hydrogens (tertiary/aromatic N) is 1. The Morgan fingerprint density at radius 1 is 1.42 bits per heavy atom. The van der Waals surface area contributed by atoms with Gasteiger partial charge in [-0.2, -0.15) is 0 Å². The highest BCUT2D eigenvalue weighted by molar-refractivity contribution is 5.95. The number of anilines is 1. The van der Waals surface area contributed by atoms with Gasteiger partial charge >= 0.3 is 0 Å². The SMILES string of the molecule is COC(C)CNC(=O)c1cc(NN)nc(C(C)C)c1. The van der Waals surface area contributed by atoms with Crippen LogP contribution >= 0.6 is 0 Å². The number of hydrogen-bond donors (Lipinski definition) is 3. The highest BCUT2D eigenvalue weighted by Gasteiger charge is 2.12. The van der Waals surface area contributed by atoms with Crippen LogP contribution in [0.2, 0.25) is 0 Å². The molecule has 6 heteroatoms. The molecular weight excluding hydrogens is 244 g/mol. The van der Waals surface area contributed by atoms with Crippen LogP contribution in [0.25, 0.3) is 0 Å². The summed E-state index contributed by atoms with van der Waals surface area (Å²) in [6.45, 7) is 6.37. The van der Waals surface area contributed by atoms with E-state index >= 15 is 0 Å². The van der Waals surface area contributed by atoms with Crippen LogP contribution in [0.3, 0.4) is 0 Å². The molecule has 1 atom stereocenters. The molecule has 19 heavy (non-hydrogen) atoms. The monoisotopic (exact) mass is 266 g/mol. The van der Waals surface area contributed by atoms with E-state index in [4.69, 9.17) is 10.6 Å². The fraction of sp³-hybridized carbons (Fsp3) is 0.538. The second-order valence-corrected chi connectivity index (χ2v) is 4.72. The van der Waals surface area contributed by atoms with Gasteiger partial charge in [-0.1, -0.05) is 13.8 Å². The molecule has 6 nitrogen and oxygen atoms in total. The molecule has 0 radical (unpaired) electrons. The number of ether oxygens (including phenoxy) is 1. The van der Waals surface area contributed by atoms with Gasteiger partial charge in [-0.05, 0) is 25.0 Å². The van der Waals surface area contributed by atoms with Crippen molar-refractivity contribution in [2.75, 3.05) is 19.1 Å². The molecule has 0 saturated heterocycles. The van der Waals surface area contributed by atoms with Crippen molar-refractivity contribution in [3.63, 3.8) is 0 Å². The quantitative estimate of drug-likeness (QED) is 0.533. The maximum Gasteiger partial charge on any atom is 0.251 e. The molecule has 0 spiro atoms. The van der Waals surface area contributed by atoms with Crippen molar-refractivity contribution >= 4 is 11.7 Å². The molecule has 1 rings (SSSR count). The number of amides is 1. The van der Waals surface area contributed by atoms with Crippen LogP contribution in [0, 0.1) is 0 Å².